The van der Waals surface area contributed by atoms with Gasteiger partial charge in [-0.25, -0.2) is 4.98 Å². The van der Waals surface area contributed by atoms with E-state index in [1.165, 1.54) is 16.9 Å². The molecule has 0 fully saturated rings. The quantitative estimate of drug-likeness (QED) is 0.632. The molecule has 3 aromatic rings. The van der Waals surface area contributed by atoms with Gasteiger partial charge in [0.25, 0.3) is 0 Å². The fraction of sp³-hybridized carbons (Fsp3) is 0.238. The smallest absolute Gasteiger partial charge is 0.231 e. The second kappa shape index (κ2) is 8.31. The van der Waals surface area contributed by atoms with Crippen molar-refractivity contribution in [3.8, 4) is 11.5 Å². The van der Waals surface area contributed by atoms with Crippen LogP contribution in [0, 0.1) is 0 Å². The van der Waals surface area contributed by atoms with Crippen LogP contribution in [-0.4, -0.2) is 17.7 Å². The van der Waals surface area contributed by atoms with Crippen LogP contribution in [0.5, 0.6) is 11.5 Å². The molecule has 1 aromatic heterocycles. The van der Waals surface area contributed by atoms with Crippen LogP contribution in [0.15, 0.2) is 47.8 Å². The van der Waals surface area contributed by atoms with E-state index >= 15 is 0 Å². The topological polar surface area (TPSA) is 72.5 Å². The first-order valence-electron chi connectivity index (χ1n) is 9.15. The number of carbonyl (C=O) groups excluding carboxylic acids is 1. The highest BCUT2D eigenvalue weighted by Crippen LogP contribution is 2.32. The van der Waals surface area contributed by atoms with Crippen molar-refractivity contribution in [2.75, 3.05) is 12.1 Å². The minimum absolute atomic E-state index is 0.0678. The molecule has 0 saturated heterocycles. The number of fused-ring (bicyclic) bond motifs is 1. The van der Waals surface area contributed by atoms with Crippen molar-refractivity contribution in [1.29, 1.82) is 0 Å². The average molecular weight is 395 g/mol. The molecular weight excluding hydrogens is 374 g/mol. The molecule has 2 heterocycles. The Labute approximate surface area is 167 Å². The number of rotatable bonds is 7. The monoisotopic (exact) mass is 395 g/mol. The number of ether oxygens (including phenoxy) is 2. The van der Waals surface area contributed by atoms with E-state index in [2.05, 4.69) is 34.7 Å². The molecule has 0 spiro atoms. The lowest BCUT2D eigenvalue weighted by atomic mass is 10.1. The highest BCUT2D eigenvalue weighted by atomic mass is 32.1. The van der Waals surface area contributed by atoms with Crippen LogP contribution in [0.2, 0.25) is 0 Å². The molecule has 1 aliphatic heterocycles. The van der Waals surface area contributed by atoms with Gasteiger partial charge in [0, 0.05) is 17.6 Å². The van der Waals surface area contributed by atoms with Crippen molar-refractivity contribution < 1.29 is 14.3 Å². The van der Waals surface area contributed by atoms with Gasteiger partial charge in [0.05, 0.1) is 12.1 Å². The molecule has 6 nitrogen and oxygen atoms in total. The van der Waals surface area contributed by atoms with Crippen LogP contribution >= 0.6 is 11.3 Å². The second-order valence-electron chi connectivity index (χ2n) is 6.46. The van der Waals surface area contributed by atoms with Gasteiger partial charge in [0.1, 0.15) is 0 Å². The van der Waals surface area contributed by atoms with E-state index < -0.39 is 0 Å². The van der Waals surface area contributed by atoms with E-state index in [9.17, 15) is 4.79 Å². The van der Waals surface area contributed by atoms with Gasteiger partial charge in [-0.1, -0.05) is 25.1 Å². The Balaban J connectivity index is 1.28. The van der Waals surface area contributed by atoms with Gasteiger partial charge in [-0.15, -0.1) is 11.3 Å². The molecule has 1 amide bonds. The number of nitrogens with one attached hydrogen (secondary N) is 2. The standard InChI is InChI=1S/C21H21N3O3S/c1-2-14-3-6-16(7-4-14)23-21-24-17(12-28-21)10-20(25)22-11-15-5-8-18-19(9-15)27-13-26-18/h3-9,12H,2,10-11,13H2,1H3,(H,22,25)(H,23,24). The van der Waals surface area contributed by atoms with Gasteiger partial charge < -0.3 is 20.1 Å². The Hall–Kier alpha value is -3.06. The van der Waals surface area contributed by atoms with Crippen molar-refractivity contribution in [1.82, 2.24) is 10.3 Å². The van der Waals surface area contributed by atoms with Gasteiger partial charge >= 0.3 is 0 Å². The van der Waals surface area contributed by atoms with Gasteiger partial charge in [0.2, 0.25) is 12.7 Å². The van der Waals surface area contributed by atoms with Crippen LogP contribution < -0.4 is 20.1 Å². The lowest BCUT2D eigenvalue weighted by Crippen LogP contribution is -2.24. The molecular formula is C21H21N3O3S. The number of aromatic nitrogens is 1. The Kier molecular flexibility index (Phi) is 5.43. The second-order valence-corrected chi connectivity index (χ2v) is 7.32. The summed E-state index contributed by atoms with van der Waals surface area (Å²) in [6.45, 7) is 2.82. The Morgan fingerprint density at radius 2 is 1.89 bits per heavy atom. The zero-order valence-corrected chi connectivity index (χ0v) is 16.3. The molecule has 4 rings (SSSR count). The molecule has 0 bridgehead atoms. The molecule has 0 atom stereocenters. The van der Waals surface area contributed by atoms with E-state index in [1.807, 2.05) is 35.7 Å². The highest BCUT2D eigenvalue weighted by molar-refractivity contribution is 7.13. The Morgan fingerprint density at radius 1 is 1.11 bits per heavy atom. The maximum absolute atomic E-state index is 12.2. The van der Waals surface area contributed by atoms with E-state index in [0.29, 0.717) is 12.3 Å². The first-order chi connectivity index (χ1) is 13.7. The number of hydrogen-bond donors (Lipinski definition) is 2. The normalized spacial score (nSPS) is 12.0. The van der Waals surface area contributed by atoms with Crippen molar-refractivity contribution in [2.24, 2.45) is 0 Å². The average Bonchev–Trinajstić information content (AvgIpc) is 3.36. The molecule has 7 heteroatoms. The zero-order valence-electron chi connectivity index (χ0n) is 15.5. The summed E-state index contributed by atoms with van der Waals surface area (Å²) in [7, 11) is 0. The van der Waals surface area contributed by atoms with Gasteiger partial charge in [0.15, 0.2) is 16.6 Å². The number of anilines is 2. The van der Waals surface area contributed by atoms with Crippen molar-refractivity contribution in [2.45, 2.75) is 26.3 Å². The number of amides is 1. The van der Waals surface area contributed by atoms with E-state index in [0.717, 1.165) is 34.2 Å². The molecule has 0 radical (unpaired) electrons. The molecule has 2 aromatic carbocycles. The summed E-state index contributed by atoms with van der Waals surface area (Å²) in [6, 6.07) is 13.9. The fourth-order valence-electron chi connectivity index (χ4n) is 2.87. The Bertz CT molecular complexity index is 969. The van der Waals surface area contributed by atoms with E-state index in [-0.39, 0.29) is 19.1 Å². The van der Waals surface area contributed by atoms with Crippen molar-refractivity contribution >= 4 is 28.1 Å². The molecule has 144 valence electrons. The first kappa shape index (κ1) is 18.3. The lowest BCUT2D eigenvalue weighted by Gasteiger charge is -2.05. The number of thiazole rings is 1. The van der Waals surface area contributed by atoms with E-state index in [1.54, 1.807) is 0 Å². The molecule has 0 unspecified atom stereocenters. The zero-order chi connectivity index (χ0) is 19.3. The lowest BCUT2D eigenvalue weighted by molar-refractivity contribution is -0.120. The minimum atomic E-state index is -0.0678. The van der Waals surface area contributed by atoms with Crippen molar-refractivity contribution in [3.05, 3.63) is 64.7 Å². The molecule has 0 saturated carbocycles. The number of nitrogens with zero attached hydrogens (tertiary/aromatic N) is 1. The van der Waals surface area contributed by atoms with E-state index in [4.69, 9.17) is 9.47 Å². The summed E-state index contributed by atoms with van der Waals surface area (Å²) in [5.41, 5.74) is 4.00. The maximum Gasteiger partial charge on any atom is 0.231 e. The largest absolute Gasteiger partial charge is 0.454 e. The molecule has 1 aliphatic rings. The third kappa shape index (κ3) is 4.43. The third-order valence-electron chi connectivity index (χ3n) is 4.43. The van der Waals surface area contributed by atoms with Crippen LogP contribution in [0.1, 0.15) is 23.7 Å². The van der Waals surface area contributed by atoms with Crippen molar-refractivity contribution in [3.63, 3.8) is 0 Å². The number of benzene rings is 2. The minimum Gasteiger partial charge on any atom is -0.454 e. The molecule has 28 heavy (non-hydrogen) atoms. The summed E-state index contributed by atoms with van der Waals surface area (Å²) in [4.78, 5) is 16.7. The van der Waals surface area contributed by atoms with Gasteiger partial charge in [-0.2, -0.15) is 0 Å². The summed E-state index contributed by atoms with van der Waals surface area (Å²) in [5, 5.41) is 8.89. The maximum atomic E-state index is 12.2. The summed E-state index contributed by atoms with van der Waals surface area (Å²) in [6.07, 6.45) is 1.26. The highest BCUT2D eigenvalue weighted by Gasteiger charge is 2.14. The predicted octanol–water partition coefficient (Wildman–Crippen LogP) is 4.04. The SMILES string of the molecule is CCc1ccc(Nc2nc(CC(=O)NCc3ccc4c(c3)OCO4)cs2)cc1. The number of hydrogen-bond acceptors (Lipinski definition) is 6. The predicted molar refractivity (Wildman–Crippen MR) is 109 cm³/mol. The summed E-state index contributed by atoms with van der Waals surface area (Å²) >= 11 is 1.49. The van der Waals surface area contributed by atoms with Crippen LogP contribution in [-0.2, 0) is 24.2 Å². The molecule has 2 N–H and O–H groups in total. The molecule has 0 aliphatic carbocycles. The van der Waals surface area contributed by atoms with Crippen LogP contribution in [0.25, 0.3) is 0 Å². The fourth-order valence-corrected chi connectivity index (χ4v) is 3.60. The Morgan fingerprint density at radius 3 is 2.71 bits per heavy atom. The first-order valence-corrected chi connectivity index (χ1v) is 10.0. The van der Waals surface area contributed by atoms with Crippen LogP contribution in [0.3, 0.4) is 0 Å². The number of carbonyl (C=O) groups is 1. The summed E-state index contributed by atoms with van der Waals surface area (Å²) < 4.78 is 10.6. The van der Waals surface area contributed by atoms with Gasteiger partial charge in [-0.3, -0.25) is 4.79 Å². The van der Waals surface area contributed by atoms with Crippen LogP contribution in [0.4, 0.5) is 10.8 Å². The summed E-state index contributed by atoms with van der Waals surface area (Å²) in [5.74, 6) is 1.39. The third-order valence-corrected chi connectivity index (χ3v) is 5.24. The van der Waals surface area contributed by atoms with Gasteiger partial charge in [-0.05, 0) is 41.8 Å². The number of aryl methyl sites for hydroxylation is 1.